The molecule has 0 unspecified atom stereocenters. The minimum atomic E-state index is -3.38. The highest BCUT2D eigenvalue weighted by molar-refractivity contribution is 7.88. The topological polar surface area (TPSA) is 73.2 Å². The van der Waals surface area contributed by atoms with Crippen LogP contribution in [0.2, 0.25) is 0 Å². The maximum atomic E-state index is 12.4. The molecule has 1 N–H and O–H groups in total. The lowest BCUT2D eigenvalue weighted by Gasteiger charge is -2.36. The molecule has 1 saturated heterocycles. The Morgan fingerprint density at radius 1 is 1.42 bits per heavy atom. The van der Waals surface area contributed by atoms with Crippen molar-refractivity contribution in [3.63, 3.8) is 0 Å². The minimum Gasteiger partial charge on any atom is -0.313 e. The van der Waals surface area contributed by atoms with Crippen molar-refractivity contribution in [1.82, 2.24) is 9.62 Å². The second-order valence-corrected chi connectivity index (χ2v) is 6.46. The van der Waals surface area contributed by atoms with Gasteiger partial charge in [-0.3, -0.25) is 0 Å². The summed E-state index contributed by atoms with van der Waals surface area (Å²) in [5.41, 5.74) is 0.990. The predicted octanol–water partition coefficient (Wildman–Crippen LogP) is 0.682. The second kappa shape index (κ2) is 5.70. The van der Waals surface area contributed by atoms with Gasteiger partial charge in [-0.2, -0.15) is 9.57 Å². The molecule has 1 aliphatic rings. The summed E-state index contributed by atoms with van der Waals surface area (Å²) < 4.78 is 26.4. The Kier molecular flexibility index (Phi) is 4.20. The molecule has 1 fully saturated rings. The van der Waals surface area contributed by atoms with Crippen molar-refractivity contribution in [3.05, 3.63) is 35.4 Å². The quantitative estimate of drug-likeness (QED) is 0.860. The van der Waals surface area contributed by atoms with Gasteiger partial charge in [0.2, 0.25) is 10.0 Å². The molecule has 19 heavy (non-hydrogen) atoms. The summed E-state index contributed by atoms with van der Waals surface area (Å²) >= 11 is 0. The second-order valence-electron chi connectivity index (χ2n) is 4.54. The summed E-state index contributed by atoms with van der Waals surface area (Å²) in [6.07, 6.45) is 0. The highest BCUT2D eigenvalue weighted by Gasteiger charge is 2.32. The standard InChI is InChI=1S/C13H17N3O2S/c1-2-16(13-8-15-9-13)19(17,18)10-12-6-4-3-5-11(12)7-14/h3-6,13,15H,2,8-10H2,1H3. The summed E-state index contributed by atoms with van der Waals surface area (Å²) in [6, 6.07) is 8.92. The van der Waals surface area contributed by atoms with Gasteiger partial charge in [0.25, 0.3) is 0 Å². The number of benzene rings is 1. The maximum Gasteiger partial charge on any atom is 0.218 e. The Hall–Kier alpha value is -1.42. The van der Waals surface area contributed by atoms with Crippen LogP contribution >= 0.6 is 0 Å². The molecule has 102 valence electrons. The number of likely N-dealkylation sites (N-methyl/N-ethyl adjacent to an activating group) is 1. The number of rotatable bonds is 5. The van der Waals surface area contributed by atoms with Gasteiger partial charge < -0.3 is 5.32 Å². The van der Waals surface area contributed by atoms with Crippen LogP contribution in [0.1, 0.15) is 18.1 Å². The minimum absolute atomic E-state index is 0.0456. The zero-order valence-corrected chi connectivity index (χ0v) is 11.7. The van der Waals surface area contributed by atoms with Crippen molar-refractivity contribution in [2.75, 3.05) is 19.6 Å². The largest absolute Gasteiger partial charge is 0.313 e. The fraction of sp³-hybridized carbons (Fsp3) is 0.462. The van der Waals surface area contributed by atoms with E-state index in [-0.39, 0.29) is 11.8 Å². The molecular weight excluding hydrogens is 262 g/mol. The molecule has 0 amide bonds. The number of sulfonamides is 1. The van der Waals surface area contributed by atoms with E-state index >= 15 is 0 Å². The summed E-state index contributed by atoms with van der Waals surface area (Å²) in [5, 5.41) is 12.1. The first-order valence-corrected chi connectivity index (χ1v) is 7.87. The smallest absolute Gasteiger partial charge is 0.218 e. The molecule has 0 saturated carbocycles. The van der Waals surface area contributed by atoms with E-state index in [0.29, 0.717) is 30.8 Å². The number of hydrogen-bond donors (Lipinski definition) is 1. The first-order chi connectivity index (χ1) is 9.08. The fourth-order valence-corrected chi connectivity index (χ4v) is 4.00. The molecule has 0 spiro atoms. The van der Waals surface area contributed by atoms with Crippen molar-refractivity contribution in [1.29, 1.82) is 5.26 Å². The van der Waals surface area contributed by atoms with Crippen LogP contribution in [-0.2, 0) is 15.8 Å². The molecule has 1 heterocycles. The maximum absolute atomic E-state index is 12.4. The average molecular weight is 279 g/mol. The molecular formula is C13H17N3O2S. The van der Waals surface area contributed by atoms with Gasteiger partial charge in [0.1, 0.15) is 0 Å². The number of nitriles is 1. The predicted molar refractivity (Wildman–Crippen MR) is 72.8 cm³/mol. The summed E-state index contributed by atoms with van der Waals surface area (Å²) in [6.45, 7) is 3.70. The molecule has 0 radical (unpaired) electrons. The Labute approximate surface area is 113 Å². The molecule has 0 bridgehead atoms. The van der Waals surface area contributed by atoms with E-state index in [0.717, 1.165) is 0 Å². The van der Waals surface area contributed by atoms with E-state index in [2.05, 4.69) is 5.32 Å². The van der Waals surface area contributed by atoms with Gasteiger partial charge in [-0.05, 0) is 11.6 Å². The third-order valence-corrected chi connectivity index (χ3v) is 5.26. The summed E-state index contributed by atoms with van der Waals surface area (Å²) in [4.78, 5) is 0. The van der Waals surface area contributed by atoms with Crippen LogP contribution in [-0.4, -0.2) is 38.4 Å². The Morgan fingerprint density at radius 3 is 2.63 bits per heavy atom. The molecule has 0 atom stereocenters. The Balaban J connectivity index is 2.23. The van der Waals surface area contributed by atoms with Crippen LogP contribution in [0, 0.1) is 11.3 Å². The highest BCUT2D eigenvalue weighted by Crippen LogP contribution is 2.18. The summed E-state index contributed by atoms with van der Waals surface area (Å²) in [5.74, 6) is -0.110. The van der Waals surface area contributed by atoms with Crippen LogP contribution < -0.4 is 5.32 Å². The lowest BCUT2D eigenvalue weighted by molar-refractivity contribution is 0.249. The molecule has 1 aromatic rings. The molecule has 0 aromatic heterocycles. The third kappa shape index (κ3) is 2.95. The normalized spacial score (nSPS) is 16.1. The van der Waals surface area contributed by atoms with Crippen molar-refractivity contribution in [3.8, 4) is 6.07 Å². The molecule has 6 heteroatoms. The molecule has 0 aliphatic carbocycles. The summed E-state index contributed by atoms with van der Waals surface area (Å²) in [7, 11) is -3.38. The van der Waals surface area contributed by atoms with E-state index in [1.807, 2.05) is 13.0 Å². The number of hydrogen-bond acceptors (Lipinski definition) is 4. The van der Waals surface area contributed by atoms with Gasteiger partial charge >= 0.3 is 0 Å². The lowest BCUT2D eigenvalue weighted by atomic mass is 10.1. The van der Waals surface area contributed by atoms with Crippen LogP contribution in [0.15, 0.2) is 24.3 Å². The van der Waals surface area contributed by atoms with E-state index in [1.165, 1.54) is 4.31 Å². The van der Waals surface area contributed by atoms with E-state index in [9.17, 15) is 8.42 Å². The first kappa shape index (κ1) is 14.0. The Bertz CT molecular complexity index is 588. The van der Waals surface area contributed by atoms with Crippen molar-refractivity contribution >= 4 is 10.0 Å². The van der Waals surface area contributed by atoms with Gasteiger partial charge in [0, 0.05) is 25.7 Å². The highest BCUT2D eigenvalue weighted by atomic mass is 32.2. The van der Waals surface area contributed by atoms with E-state index < -0.39 is 10.0 Å². The lowest BCUT2D eigenvalue weighted by Crippen LogP contribution is -2.58. The SMILES string of the molecule is CCN(C1CNC1)S(=O)(=O)Cc1ccccc1C#N. The number of nitrogens with one attached hydrogen (secondary N) is 1. The van der Waals surface area contributed by atoms with Gasteiger partial charge in [-0.1, -0.05) is 25.1 Å². The molecule has 1 aliphatic heterocycles. The monoisotopic (exact) mass is 279 g/mol. The zero-order valence-electron chi connectivity index (χ0n) is 10.8. The van der Waals surface area contributed by atoms with Crippen LogP contribution in [0.4, 0.5) is 0 Å². The molecule has 2 rings (SSSR count). The van der Waals surface area contributed by atoms with Crippen molar-refractivity contribution < 1.29 is 8.42 Å². The van der Waals surface area contributed by atoms with Gasteiger partial charge in [-0.15, -0.1) is 0 Å². The average Bonchev–Trinajstić information content (AvgIpc) is 2.33. The molecule has 1 aromatic carbocycles. The van der Waals surface area contributed by atoms with Crippen molar-refractivity contribution in [2.24, 2.45) is 0 Å². The van der Waals surface area contributed by atoms with Gasteiger partial charge in [-0.25, -0.2) is 8.42 Å². The molecule has 5 nitrogen and oxygen atoms in total. The van der Waals surface area contributed by atoms with Crippen LogP contribution in [0.3, 0.4) is 0 Å². The van der Waals surface area contributed by atoms with E-state index in [1.54, 1.807) is 24.3 Å². The van der Waals surface area contributed by atoms with Gasteiger partial charge in [0.05, 0.1) is 17.4 Å². The Morgan fingerprint density at radius 2 is 2.11 bits per heavy atom. The van der Waals surface area contributed by atoms with Crippen LogP contribution in [0.25, 0.3) is 0 Å². The number of nitrogens with zero attached hydrogens (tertiary/aromatic N) is 2. The van der Waals surface area contributed by atoms with Crippen LogP contribution in [0.5, 0.6) is 0 Å². The zero-order chi connectivity index (χ0) is 13.9. The van der Waals surface area contributed by atoms with E-state index in [4.69, 9.17) is 5.26 Å². The third-order valence-electron chi connectivity index (χ3n) is 3.31. The first-order valence-electron chi connectivity index (χ1n) is 6.26. The van der Waals surface area contributed by atoms with Crippen molar-refractivity contribution in [2.45, 2.75) is 18.7 Å². The fourth-order valence-electron chi connectivity index (χ4n) is 2.19. The van der Waals surface area contributed by atoms with Gasteiger partial charge in [0.15, 0.2) is 0 Å².